The van der Waals surface area contributed by atoms with Crippen LogP contribution >= 0.6 is 0 Å². The highest BCUT2D eigenvalue weighted by molar-refractivity contribution is 7.85. The maximum Gasteiger partial charge on any atom is 0.124 e. The molecule has 1 N–H and O–H groups in total. The van der Waals surface area contributed by atoms with E-state index in [1.165, 1.54) is 56.3 Å². The Balaban J connectivity index is 0.000000446. The van der Waals surface area contributed by atoms with Gasteiger partial charge in [-0.15, -0.1) is 0 Å². The Morgan fingerprint density at radius 1 is 0.833 bits per heavy atom. The highest BCUT2D eigenvalue weighted by Crippen LogP contribution is 2.13. The van der Waals surface area contributed by atoms with E-state index in [0.717, 1.165) is 24.3 Å². The summed E-state index contributed by atoms with van der Waals surface area (Å²) in [5.74, 6) is -0.0719. The molecule has 0 amide bonds. The molecule has 0 heterocycles. The van der Waals surface area contributed by atoms with Gasteiger partial charge in [0, 0.05) is 0 Å². The zero-order chi connectivity index (χ0) is 18.6. The van der Waals surface area contributed by atoms with Crippen molar-refractivity contribution in [2.75, 3.05) is 26.2 Å². The van der Waals surface area contributed by atoms with Crippen molar-refractivity contribution in [3.8, 4) is 5.75 Å². The van der Waals surface area contributed by atoms with Crippen molar-refractivity contribution >= 4 is 10.1 Å². The summed E-state index contributed by atoms with van der Waals surface area (Å²) in [5.41, 5.74) is 0. The molecular weight excluding hydrogens is 326 g/mol. The third-order valence-electron chi connectivity index (χ3n) is 3.92. The number of benzene rings is 1. The first-order valence-electron chi connectivity index (χ1n) is 8.84. The van der Waals surface area contributed by atoms with E-state index in [-0.39, 0.29) is 10.6 Å². The molecule has 0 aromatic heterocycles. The van der Waals surface area contributed by atoms with Gasteiger partial charge in [-0.1, -0.05) is 27.7 Å². The van der Waals surface area contributed by atoms with Gasteiger partial charge in [-0.3, -0.25) is 0 Å². The third kappa shape index (κ3) is 8.66. The van der Waals surface area contributed by atoms with Crippen LogP contribution in [0.1, 0.15) is 53.4 Å². The Hall–Kier alpha value is -1.11. The molecule has 6 heteroatoms. The summed E-state index contributed by atoms with van der Waals surface area (Å²) in [6.07, 6.45) is 5.33. The maximum atomic E-state index is 10.3. The van der Waals surface area contributed by atoms with Gasteiger partial charge in [-0.05, 0) is 49.9 Å². The number of phenols is 1. The molecule has 0 aliphatic heterocycles. The highest BCUT2D eigenvalue weighted by Gasteiger charge is 2.22. The van der Waals surface area contributed by atoms with Crippen LogP contribution in [0.4, 0.5) is 0 Å². The van der Waals surface area contributed by atoms with E-state index in [1.807, 2.05) is 0 Å². The number of nitrogens with zero attached hydrogens (tertiary/aromatic N) is 1. The molecule has 0 aliphatic rings. The zero-order valence-corrected chi connectivity index (χ0v) is 16.3. The molecule has 0 fully saturated rings. The van der Waals surface area contributed by atoms with Crippen molar-refractivity contribution in [3.05, 3.63) is 24.3 Å². The summed E-state index contributed by atoms with van der Waals surface area (Å²) in [6, 6.07) is 4.39. The van der Waals surface area contributed by atoms with Gasteiger partial charge in [0.25, 0.3) is 0 Å². The van der Waals surface area contributed by atoms with Crippen molar-refractivity contribution in [2.24, 2.45) is 0 Å². The average Bonchev–Trinajstić information content (AvgIpc) is 2.48. The van der Waals surface area contributed by atoms with Gasteiger partial charge in [-0.25, -0.2) is 8.42 Å². The summed E-state index contributed by atoms with van der Waals surface area (Å²) in [7, 11) is -4.38. The molecule has 0 atom stereocenters. The van der Waals surface area contributed by atoms with Gasteiger partial charge < -0.3 is 14.1 Å². The van der Waals surface area contributed by atoms with Crippen molar-refractivity contribution in [1.82, 2.24) is 0 Å². The Labute approximate surface area is 147 Å². The second-order valence-electron chi connectivity index (χ2n) is 6.18. The molecule has 0 unspecified atom stereocenters. The van der Waals surface area contributed by atoms with Gasteiger partial charge in [0.1, 0.15) is 15.9 Å². The Bertz CT molecular complexity index is 511. The Morgan fingerprint density at radius 3 is 1.42 bits per heavy atom. The molecule has 1 rings (SSSR count). The lowest BCUT2D eigenvalue weighted by atomic mass is 10.2. The number of phenolic OH excluding ortho intramolecular Hbond substituents is 1. The van der Waals surface area contributed by atoms with Crippen LogP contribution in [0, 0.1) is 0 Å². The van der Waals surface area contributed by atoms with Crippen LogP contribution in [-0.2, 0) is 10.1 Å². The second kappa shape index (κ2) is 11.4. The van der Waals surface area contributed by atoms with Crippen LogP contribution in [0.25, 0.3) is 0 Å². The topological polar surface area (TPSA) is 77.4 Å². The molecule has 0 saturated carbocycles. The fourth-order valence-electron chi connectivity index (χ4n) is 3.18. The predicted molar refractivity (Wildman–Crippen MR) is 97.0 cm³/mol. The molecule has 24 heavy (non-hydrogen) atoms. The highest BCUT2D eigenvalue weighted by atomic mass is 32.2. The second-order valence-corrected chi connectivity index (χ2v) is 7.56. The standard InChI is InChI=1S/C12H28N.C6H6O4S/c1-5-9-13(10-6-2,11-7-3)12-8-4;7-5-1-3-6(4-2-5)11(8,9)10/h5-12H2,1-4H3;1-4,7H,(H,8,9,10)/q+1;/p-1. The fraction of sp³-hybridized carbons (Fsp3) is 0.667. The number of rotatable bonds is 9. The Kier molecular flexibility index (Phi) is 10.9. The van der Waals surface area contributed by atoms with E-state index in [2.05, 4.69) is 27.7 Å². The van der Waals surface area contributed by atoms with Gasteiger partial charge in [-0.2, -0.15) is 0 Å². The van der Waals surface area contributed by atoms with Gasteiger partial charge >= 0.3 is 0 Å². The summed E-state index contributed by atoms with van der Waals surface area (Å²) in [5, 5.41) is 8.73. The minimum atomic E-state index is -4.38. The van der Waals surface area contributed by atoms with E-state index in [4.69, 9.17) is 5.11 Å². The maximum absolute atomic E-state index is 10.3. The third-order valence-corrected chi connectivity index (χ3v) is 4.77. The van der Waals surface area contributed by atoms with Crippen molar-refractivity contribution in [2.45, 2.75) is 58.3 Å². The molecule has 0 saturated heterocycles. The summed E-state index contributed by atoms with van der Waals surface area (Å²) in [4.78, 5) is -0.338. The fourth-order valence-corrected chi connectivity index (χ4v) is 3.65. The molecule has 1 aromatic rings. The van der Waals surface area contributed by atoms with E-state index in [1.54, 1.807) is 0 Å². The van der Waals surface area contributed by atoms with Crippen LogP contribution in [0.2, 0.25) is 0 Å². The van der Waals surface area contributed by atoms with E-state index in [0.29, 0.717) is 0 Å². The van der Waals surface area contributed by atoms with Gasteiger partial charge in [0.15, 0.2) is 0 Å². The quantitative estimate of drug-likeness (QED) is 0.538. The zero-order valence-electron chi connectivity index (χ0n) is 15.5. The normalized spacial score (nSPS) is 11.7. The minimum Gasteiger partial charge on any atom is -0.744 e. The molecule has 0 aliphatic carbocycles. The summed E-state index contributed by atoms with van der Waals surface area (Å²) in [6.45, 7) is 14.8. The predicted octanol–water partition coefficient (Wildman–Crippen LogP) is 3.74. The summed E-state index contributed by atoms with van der Waals surface area (Å²) >= 11 is 0. The van der Waals surface area contributed by atoms with E-state index >= 15 is 0 Å². The minimum absolute atomic E-state index is 0.0719. The van der Waals surface area contributed by atoms with Gasteiger partial charge in [0.2, 0.25) is 0 Å². The lowest BCUT2D eigenvalue weighted by Gasteiger charge is -2.38. The van der Waals surface area contributed by atoms with Crippen LogP contribution in [-0.4, -0.2) is 48.7 Å². The number of quaternary nitrogens is 1. The number of hydrogen-bond acceptors (Lipinski definition) is 4. The smallest absolute Gasteiger partial charge is 0.124 e. The largest absolute Gasteiger partial charge is 0.744 e. The van der Waals surface area contributed by atoms with Gasteiger partial charge in [0.05, 0.1) is 31.1 Å². The number of aromatic hydroxyl groups is 1. The first-order chi connectivity index (χ1) is 11.2. The monoisotopic (exact) mass is 359 g/mol. The van der Waals surface area contributed by atoms with Crippen LogP contribution in [0.15, 0.2) is 29.2 Å². The van der Waals surface area contributed by atoms with Crippen LogP contribution in [0.3, 0.4) is 0 Å². The molecule has 0 spiro atoms. The SMILES string of the molecule is CCC[N+](CCC)(CCC)CCC.O=S(=O)([O-])c1ccc(O)cc1. The Morgan fingerprint density at radius 2 is 1.17 bits per heavy atom. The average molecular weight is 360 g/mol. The van der Waals surface area contributed by atoms with Crippen LogP contribution in [0.5, 0.6) is 5.75 Å². The lowest BCUT2D eigenvalue weighted by Crippen LogP contribution is -2.50. The van der Waals surface area contributed by atoms with Crippen molar-refractivity contribution in [1.29, 1.82) is 0 Å². The molecule has 1 aromatic carbocycles. The first kappa shape index (κ1) is 22.9. The first-order valence-corrected chi connectivity index (χ1v) is 10.3. The van der Waals surface area contributed by atoms with Crippen LogP contribution < -0.4 is 0 Å². The van der Waals surface area contributed by atoms with Crippen molar-refractivity contribution in [3.63, 3.8) is 0 Å². The lowest BCUT2D eigenvalue weighted by molar-refractivity contribution is -0.928. The molecular formula is C18H33NO4S. The molecule has 5 nitrogen and oxygen atoms in total. The molecule has 140 valence electrons. The number of hydrogen-bond donors (Lipinski definition) is 1. The molecule has 0 radical (unpaired) electrons. The van der Waals surface area contributed by atoms with E-state index < -0.39 is 10.1 Å². The summed E-state index contributed by atoms with van der Waals surface area (Å²) < 4.78 is 32.3. The molecule has 0 bridgehead atoms. The van der Waals surface area contributed by atoms with E-state index in [9.17, 15) is 13.0 Å². The van der Waals surface area contributed by atoms with Crippen molar-refractivity contribution < 1.29 is 22.6 Å².